The van der Waals surface area contributed by atoms with Gasteiger partial charge in [0, 0.05) is 17.8 Å². The van der Waals surface area contributed by atoms with Crippen molar-refractivity contribution in [3.8, 4) is 11.1 Å². The number of carbonyl (C=O) groups is 1. The molecular weight excluding hydrogens is 316 g/mol. The van der Waals surface area contributed by atoms with Crippen LogP contribution in [0.3, 0.4) is 0 Å². The van der Waals surface area contributed by atoms with Gasteiger partial charge in [-0.15, -0.1) is 0 Å². The van der Waals surface area contributed by atoms with E-state index in [0.29, 0.717) is 5.69 Å². The molecule has 0 fully saturated rings. The molecule has 0 spiro atoms. The summed E-state index contributed by atoms with van der Waals surface area (Å²) in [4.78, 5) is 23.4. The van der Waals surface area contributed by atoms with Crippen LogP contribution in [0.1, 0.15) is 17.0 Å². The molecule has 5 heteroatoms. The van der Waals surface area contributed by atoms with Gasteiger partial charge in [0.2, 0.25) is 5.91 Å². The Bertz CT molecular complexity index is 952. The minimum Gasteiger partial charge on any atom is -0.325 e. The van der Waals surface area contributed by atoms with Gasteiger partial charge in [-0.25, -0.2) is 0 Å². The summed E-state index contributed by atoms with van der Waals surface area (Å²) in [6.07, 6.45) is 0. The summed E-state index contributed by atoms with van der Waals surface area (Å²) in [5.41, 5.74) is 4.37. The maximum absolute atomic E-state index is 12.9. The van der Waals surface area contributed by atoms with Crippen molar-refractivity contribution in [3.63, 3.8) is 0 Å². The third-order valence-corrected chi connectivity index (χ3v) is 4.42. The Morgan fingerprint density at radius 3 is 2.08 bits per heavy atom. The molecule has 25 heavy (non-hydrogen) atoms. The number of carbonyl (C=O) groups excluding carboxylic acids is 1. The van der Waals surface area contributed by atoms with Crippen molar-refractivity contribution >= 4 is 17.3 Å². The second-order valence-electron chi connectivity index (χ2n) is 5.90. The number of anilines is 1. The second-order valence-corrected chi connectivity index (χ2v) is 5.90. The van der Waals surface area contributed by atoms with Crippen molar-refractivity contribution in [1.29, 1.82) is 0 Å². The molecule has 0 unspecified atom stereocenters. The van der Waals surface area contributed by atoms with E-state index < -0.39 is 10.8 Å². The number of benzene rings is 3. The lowest BCUT2D eigenvalue weighted by atomic mass is 9.96. The molecule has 1 aliphatic rings. The van der Waals surface area contributed by atoms with E-state index in [0.717, 1.165) is 22.3 Å². The van der Waals surface area contributed by atoms with Crippen LogP contribution in [0.4, 0.5) is 11.4 Å². The van der Waals surface area contributed by atoms with Crippen LogP contribution in [-0.4, -0.2) is 10.8 Å². The number of rotatable bonds is 3. The first-order chi connectivity index (χ1) is 12.1. The maximum Gasteiger partial charge on any atom is 0.271 e. The highest BCUT2D eigenvalue weighted by molar-refractivity contribution is 6.03. The highest BCUT2D eigenvalue weighted by Gasteiger charge is 2.33. The standard InChI is InChI=1S/C20H14N2O3/c23-20(21-13-6-5-7-14(12-13)22(24)25)19-17-10-3-1-8-15(17)16-9-2-4-11-18(16)19/h1-12,19H,(H,21,23). The molecule has 0 saturated carbocycles. The lowest BCUT2D eigenvalue weighted by molar-refractivity contribution is -0.384. The Kier molecular flexibility index (Phi) is 3.54. The zero-order valence-corrected chi connectivity index (χ0v) is 13.2. The molecule has 3 aromatic rings. The van der Waals surface area contributed by atoms with Crippen LogP contribution in [-0.2, 0) is 4.79 Å². The molecule has 0 aliphatic heterocycles. The Balaban J connectivity index is 1.71. The molecule has 4 rings (SSSR count). The van der Waals surface area contributed by atoms with Crippen LogP contribution in [0.5, 0.6) is 0 Å². The summed E-state index contributed by atoms with van der Waals surface area (Å²) in [7, 11) is 0. The summed E-state index contributed by atoms with van der Waals surface area (Å²) >= 11 is 0. The van der Waals surface area contributed by atoms with Crippen molar-refractivity contribution in [2.24, 2.45) is 0 Å². The predicted molar refractivity (Wildman–Crippen MR) is 95.4 cm³/mol. The van der Waals surface area contributed by atoms with Crippen molar-refractivity contribution < 1.29 is 9.72 Å². The zero-order chi connectivity index (χ0) is 17.4. The highest BCUT2D eigenvalue weighted by atomic mass is 16.6. The van der Waals surface area contributed by atoms with Crippen molar-refractivity contribution in [3.05, 3.63) is 94.0 Å². The monoisotopic (exact) mass is 330 g/mol. The molecule has 0 radical (unpaired) electrons. The fourth-order valence-electron chi connectivity index (χ4n) is 3.35. The first-order valence-electron chi connectivity index (χ1n) is 7.88. The van der Waals surface area contributed by atoms with E-state index in [1.807, 2.05) is 48.5 Å². The number of nitro benzene ring substituents is 1. The summed E-state index contributed by atoms with van der Waals surface area (Å²) in [6, 6.07) is 21.6. The van der Waals surface area contributed by atoms with Gasteiger partial charge in [0.1, 0.15) is 0 Å². The summed E-state index contributed by atoms with van der Waals surface area (Å²) in [6.45, 7) is 0. The van der Waals surface area contributed by atoms with Gasteiger partial charge in [-0.2, -0.15) is 0 Å². The smallest absolute Gasteiger partial charge is 0.271 e. The Labute approximate surface area is 144 Å². The third-order valence-electron chi connectivity index (χ3n) is 4.42. The van der Waals surface area contributed by atoms with Crippen LogP contribution in [0, 0.1) is 10.1 Å². The highest BCUT2D eigenvalue weighted by Crippen LogP contribution is 2.44. The number of nitrogens with one attached hydrogen (secondary N) is 1. The van der Waals surface area contributed by atoms with Gasteiger partial charge in [-0.05, 0) is 28.3 Å². The lowest BCUT2D eigenvalue weighted by Gasteiger charge is -2.14. The fourth-order valence-corrected chi connectivity index (χ4v) is 3.35. The molecule has 1 amide bonds. The number of amides is 1. The molecule has 0 saturated heterocycles. The van der Waals surface area contributed by atoms with Crippen molar-refractivity contribution in [2.45, 2.75) is 5.92 Å². The SMILES string of the molecule is O=C(Nc1cccc([N+](=O)[O-])c1)C1c2ccccc2-c2ccccc21. The molecule has 1 N–H and O–H groups in total. The molecule has 0 atom stereocenters. The van der Waals surface area contributed by atoms with Gasteiger partial charge < -0.3 is 5.32 Å². The molecule has 0 bridgehead atoms. The van der Waals surface area contributed by atoms with E-state index in [1.165, 1.54) is 12.1 Å². The Hall–Kier alpha value is -3.47. The van der Waals surface area contributed by atoms with Gasteiger partial charge in [-0.1, -0.05) is 54.6 Å². The number of fused-ring (bicyclic) bond motifs is 3. The Morgan fingerprint density at radius 2 is 1.48 bits per heavy atom. The van der Waals surface area contributed by atoms with Crippen LogP contribution in [0.25, 0.3) is 11.1 Å². The van der Waals surface area contributed by atoms with E-state index in [2.05, 4.69) is 5.32 Å². The molecular formula is C20H14N2O3. The van der Waals surface area contributed by atoms with Crippen LogP contribution in [0.2, 0.25) is 0 Å². The quantitative estimate of drug-likeness (QED) is 0.573. The number of nitro groups is 1. The van der Waals surface area contributed by atoms with Crippen molar-refractivity contribution in [2.75, 3.05) is 5.32 Å². The third kappa shape index (κ3) is 2.55. The molecule has 1 aliphatic carbocycles. The fraction of sp³-hybridized carbons (Fsp3) is 0.0500. The lowest BCUT2D eigenvalue weighted by Crippen LogP contribution is -2.20. The van der Waals surface area contributed by atoms with Gasteiger partial charge in [0.25, 0.3) is 5.69 Å². The number of non-ortho nitro benzene ring substituents is 1. The van der Waals surface area contributed by atoms with Gasteiger partial charge in [0.15, 0.2) is 0 Å². The minimum atomic E-state index is -0.476. The van der Waals surface area contributed by atoms with Crippen molar-refractivity contribution in [1.82, 2.24) is 0 Å². The van der Waals surface area contributed by atoms with Gasteiger partial charge in [-0.3, -0.25) is 14.9 Å². The second kappa shape index (κ2) is 5.87. The number of hydrogen-bond acceptors (Lipinski definition) is 3. The Morgan fingerprint density at radius 1 is 0.880 bits per heavy atom. The molecule has 3 aromatic carbocycles. The van der Waals surface area contributed by atoms with E-state index in [9.17, 15) is 14.9 Å². The number of hydrogen-bond donors (Lipinski definition) is 1. The normalized spacial score (nSPS) is 12.3. The zero-order valence-electron chi connectivity index (χ0n) is 13.2. The largest absolute Gasteiger partial charge is 0.325 e. The van der Waals surface area contributed by atoms with Crippen LogP contribution < -0.4 is 5.32 Å². The number of nitrogens with zero attached hydrogens (tertiary/aromatic N) is 1. The van der Waals surface area contributed by atoms with E-state index in [1.54, 1.807) is 12.1 Å². The average molecular weight is 330 g/mol. The molecule has 122 valence electrons. The predicted octanol–water partition coefficient (Wildman–Crippen LogP) is 4.35. The summed E-state index contributed by atoms with van der Waals surface area (Å²) < 4.78 is 0. The topological polar surface area (TPSA) is 72.2 Å². The molecule has 0 aromatic heterocycles. The first kappa shape index (κ1) is 15.1. The molecule has 0 heterocycles. The first-order valence-corrected chi connectivity index (χ1v) is 7.88. The molecule has 5 nitrogen and oxygen atoms in total. The maximum atomic E-state index is 12.9. The van der Waals surface area contributed by atoms with E-state index in [4.69, 9.17) is 0 Å². The minimum absolute atomic E-state index is 0.0509. The summed E-state index contributed by atoms with van der Waals surface area (Å²) in [5, 5.41) is 13.7. The van der Waals surface area contributed by atoms with Gasteiger partial charge >= 0.3 is 0 Å². The van der Waals surface area contributed by atoms with Crippen LogP contribution in [0.15, 0.2) is 72.8 Å². The van der Waals surface area contributed by atoms with Gasteiger partial charge in [0.05, 0.1) is 10.8 Å². The van der Waals surface area contributed by atoms with E-state index in [-0.39, 0.29) is 11.6 Å². The van der Waals surface area contributed by atoms with Crippen LogP contribution >= 0.6 is 0 Å². The summed E-state index contributed by atoms with van der Waals surface area (Å²) in [5.74, 6) is -0.621. The average Bonchev–Trinajstić information content (AvgIpc) is 2.96. The van der Waals surface area contributed by atoms with E-state index >= 15 is 0 Å².